The number of anilines is 1. The number of imidazole rings is 1. The second kappa shape index (κ2) is 6.13. The second-order valence-electron chi connectivity index (χ2n) is 5.64. The van der Waals surface area contributed by atoms with Gasteiger partial charge in [0.25, 0.3) is 0 Å². The number of aryl methyl sites for hydroxylation is 2. The Morgan fingerprint density at radius 3 is 2.69 bits per heavy atom. The number of rotatable bonds is 3. The number of halogens is 2. The van der Waals surface area contributed by atoms with Crippen molar-refractivity contribution in [2.45, 2.75) is 6.92 Å². The normalized spacial score (nSPS) is 11.3. The molecule has 0 aliphatic carbocycles. The third kappa shape index (κ3) is 2.45. The number of hydrogen-bond acceptors (Lipinski definition) is 6. The summed E-state index contributed by atoms with van der Waals surface area (Å²) in [5, 5.41) is 11.6. The van der Waals surface area contributed by atoms with Gasteiger partial charge in [0.15, 0.2) is 11.6 Å². The summed E-state index contributed by atoms with van der Waals surface area (Å²) in [6.07, 6.45) is 4.65. The average Bonchev–Trinajstić information content (AvgIpc) is 3.15. The van der Waals surface area contributed by atoms with E-state index in [-0.39, 0.29) is 5.69 Å². The molecule has 0 radical (unpaired) electrons. The Morgan fingerprint density at radius 2 is 1.96 bits per heavy atom. The maximum Gasteiger partial charge on any atom is 0.156 e. The molecular formula is C16H14BrFN8. The SMILES string of the molecule is CNc1ncnn2c(C)nc(-c3cnn(C)c3-c3ncc(Br)cc3F)c12. The molecule has 26 heavy (non-hydrogen) atoms. The molecule has 0 aliphatic heterocycles. The van der Waals surface area contributed by atoms with E-state index in [1.165, 1.54) is 12.4 Å². The Balaban J connectivity index is 2.04. The summed E-state index contributed by atoms with van der Waals surface area (Å²) in [7, 11) is 3.51. The molecule has 0 saturated carbocycles. The van der Waals surface area contributed by atoms with Crippen LogP contribution in [0.1, 0.15) is 5.82 Å². The van der Waals surface area contributed by atoms with Gasteiger partial charge in [-0.25, -0.2) is 18.9 Å². The largest absolute Gasteiger partial charge is 0.371 e. The molecule has 0 aromatic carbocycles. The summed E-state index contributed by atoms with van der Waals surface area (Å²) < 4.78 is 18.4. The van der Waals surface area contributed by atoms with Crippen LogP contribution in [0.15, 0.2) is 29.3 Å². The van der Waals surface area contributed by atoms with E-state index in [4.69, 9.17) is 0 Å². The average molecular weight is 417 g/mol. The quantitative estimate of drug-likeness (QED) is 0.552. The van der Waals surface area contributed by atoms with Crippen LogP contribution in [0, 0.1) is 12.7 Å². The fraction of sp³-hybridized carbons (Fsp3) is 0.188. The van der Waals surface area contributed by atoms with Gasteiger partial charge in [0.2, 0.25) is 0 Å². The van der Waals surface area contributed by atoms with Crippen molar-refractivity contribution in [2.24, 2.45) is 7.05 Å². The van der Waals surface area contributed by atoms with Crippen LogP contribution in [0.4, 0.5) is 10.2 Å². The van der Waals surface area contributed by atoms with Crippen LogP contribution >= 0.6 is 15.9 Å². The van der Waals surface area contributed by atoms with E-state index >= 15 is 0 Å². The minimum Gasteiger partial charge on any atom is -0.371 e. The molecule has 0 fully saturated rings. The van der Waals surface area contributed by atoms with Crippen molar-refractivity contribution in [3.63, 3.8) is 0 Å². The van der Waals surface area contributed by atoms with Crippen molar-refractivity contribution in [1.82, 2.24) is 34.3 Å². The van der Waals surface area contributed by atoms with Crippen LogP contribution in [-0.2, 0) is 7.05 Å². The topological polar surface area (TPSA) is 85.8 Å². The van der Waals surface area contributed by atoms with Gasteiger partial charge < -0.3 is 5.32 Å². The van der Waals surface area contributed by atoms with Crippen molar-refractivity contribution in [1.29, 1.82) is 0 Å². The first kappa shape index (κ1) is 16.6. The lowest BCUT2D eigenvalue weighted by Gasteiger charge is -2.07. The molecule has 0 unspecified atom stereocenters. The summed E-state index contributed by atoms with van der Waals surface area (Å²) in [5.41, 5.74) is 2.68. The van der Waals surface area contributed by atoms with Gasteiger partial charge in [0, 0.05) is 24.8 Å². The summed E-state index contributed by atoms with van der Waals surface area (Å²) in [6.45, 7) is 1.84. The zero-order valence-electron chi connectivity index (χ0n) is 14.2. The van der Waals surface area contributed by atoms with E-state index < -0.39 is 5.82 Å². The van der Waals surface area contributed by atoms with Crippen LogP contribution in [0.3, 0.4) is 0 Å². The zero-order chi connectivity index (χ0) is 18.4. The number of fused-ring (bicyclic) bond motifs is 1. The highest BCUT2D eigenvalue weighted by Crippen LogP contribution is 2.36. The van der Waals surface area contributed by atoms with E-state index in [9.17, 15) is 4.39 Å². The van der Waals surface area contributed by atoms with Crippen LogP contribution in [0.2, 0.25) is 0 Å². The third-order valence-corrected chi connectivity index (χ3v) is 4.49. The van der Waals surface area contributed by atoms with Gasteiger partial charge >= 0.3 is 0 Å². The fourth-order valence-corrected chi connectivity index (χ4v) is 3.23. The predicted octanol–water partition coefficient (Wildman–Crippen LogP) is 2.84. The number of hydrogen-bond donors (Lipinski definition) is 1. The molecule has 0 atom stereocenters. The lowest BCUT2D eigenvalue weighted by molar-refractivity contribution is 0.621. The van der Waals surface area contributed by atoms with E-state index in [1.807, 2.05) is 6.92 Å². The van der Waals surface area contributed by atoms with Gasteiger partial charge in [-0.2, -0.15) is 10.2 Å². The van der Waals surface area contributed by atoms with Crippen molar-refractivity contribution in [3.05, 3.63) is 40.9 Å². The summed E-state index contributed by atoms with van der Waals surface area (Å²) in [5.74, 6) is 0.858. The molecule has 4 heterocycles. The van der Waals surface area contributed by atoms with E-state index in [0.717, 1.165) is 0 Å². The minimum absolute atomic E-state index is 0.199. The number of nitrogens with zero attached hydrogens (tertiary/aromatic N) is 7. The van der Waals surface area contributed by atoms with E-state index in [0.29, 0.717) is 38.6 Å². The highest BCUT2D eigenvalue weighted by molar-refractivity contribution is 9.10. The van der Waals surface area contributed by atoms with Crippen molar-refractivity contribution < 1.29 is 4.39 Å². The highest BCUT2D eigenvalue weighted by atomic mass is 79.9. The molecule has 1 N–H and O–H groups in total. The van der Waals surface area contributed by atoms with Gasteiger partial charge in [0.05, 0.1) is 17.5 Å². The lowest BCUT2D eigenvalue weighted by Crippen LogP contribution is -2.01. The molecule has 4 rings (SSSR count). The van der Waals surface area contributed by atoms with Gasteiger partial charge in [-0.05, 0) is 28.9 Å². The Bertz CT molecular complexity index is 1130. The van der Waals surface area contributed by atoms with Crippen LogP contribution in [-0.4, -0.2) is 41.4 Å². The molecule has 0 saturated heterocycles. The first-order valence-electron chi connectivity index (χ1n) is 7.73. The predicted molar refractivity (Wildman–Crippen MR) is 98.2 cm³/mol. The summed E-state index contributed by atoms with van der Waals surface area (Å²) >= 11 is 3.23. The number of aromatic nitrogens is 7. The molecule has 4 aromatic rings. The molecule has 0 aliphatic rings. The Kier molecular flexibility index (Phi) is 3.91. The first-order chi connectivity index (χ1) is 12.5. The summed E-state index contributed by atoms with van der Waals surface area (Å²) in [4.78, 5) is 13.1. The lowest BCUT2D eigenvalue weighted by atomic mass is 10.1. The maximum atomic E-state index is 14.6. The number of pyridine rings is 1. The van der Waals surface area contributed by atoms with E-state index in [2.05, 4.69) is 46.4 Å². The standard InChI is InChI=1S/C16H14BrFN8/c1-8-24-12(15-16(19-2)21-7-23-26(8)15)10-6-22-25(3)14(10)13-11(18)4-9(17)5-20-13/h4-7H,1-3H3,(H,19,21,23). The van der Waals surface area contributed by atoms with E-state index in [1.54, 1.807) is 35.7 Å². The summed E-state index contributed by atoms with van der Waals surface area (Å²) in [6, 6.07) is 1.37. The van der Waals surface area contributed by atoms with Gasteiger partial charge in [-0.15, -0.1) is 0 Å². The Morgan fingerprint density at radius 1 is 1.15 bits per heavy atom. The molecule has 8 nitrogen and oxygen atoms in total. The first-order valence-corrected chi connectivity index (χ1v) is 8.52. The van der Waals surface area contributed by atoms with Gasteiger partial charge in [-0.1, -0.05) is 0 Å². The van der Waals surface area contributed by atoms with Crippen LogP contribution in [0.5, 0.6) is 0 Å². The van der Waals surface area contributed by atoms with Gasteiger partial charge in [0.1, 0.15) is 29.1 Å². The monoisotopic (exact) mass is 416 g/mol. The van der Waals surface area contributed by atoms with Crippen LogP contribution < -0.4 is 5.32 Å². The minimum atomic E-state index is -0.449. The Hall–Kier alpha value is -2.88. The molecule has 0 bridgehead atoms. The van der Waals surface area contributed by atoms with Crippen molar-refractivity contribution in [2.75, 3.05) is 12.4 Å². The Labute approximate surface area is 156 Å². The molecule has 0 spiro atoms. The van der Waals surface area contributed by atoms with Gasteiger partial charge in [-0.3, -0.25) is 9.67 Å². The molecule has 132 valence electrons. The highest BCUT2D eigenvalue weighted by Gasteiger charge is 2.24. The van der Waals surface area contributed by atoms with Crippen LogP contribution in [0.25, 0.3) is 28.2 Å². The second-order valence-corrected chi connectivity index (χ2v) is 6.56. The van der Waals surface area contributed by atoms with Crippen molar-refractivity contribution in [3.8, 4) is 22.6 Å². The van der Waals surface area contributed by atoms with Crippen molar-refractivity contribution >= 4 is 27.3 Å². The smallest absolute Gasteiger partial charge is 0.156 e. The third-order valence-electron chi connectivity index (χ3n) is 4.06. The molecule has 4 aromatic heterocycles. The zero-order valence-corrected chi connectivity index (χ0v) is 15.8. The fourth-order valence-electron chi connectivity index (χ4n) is 2.93. The molecular weight excluding hydrogens is 403 g/mol. The molecule has 10 heteroatoms. The molecule has 0 amide bonds. The maximum absolute atomic E-state index is 14.6. The number of nitrogens with one attached hydrogen (secondary N) is 1.